The van der Waals surface area contributed by atoms with Crippen molar-refractivity contribution in [2.45, 2.75) is 20.4 Å². The molecule has 2 aromatic heterocycles. The summed E-state index contributed by atoms with van der Waals surface area (Å²) in [4.78, 5) is 38.1. The van der Waals surface area contributed by atoms with Gasteiger partial charge >= 0.3 is 6.03 Å². The molecular weight excluding hydrogens is 368 g/mol. The van der Waals surface area contributed by atoms with Gasteiger partial charge in [0.25, 0.3) is 5.56 Å². The Morgan fingerprint density at radius 1 is 1.14 bits per heavy atom. The Balaban J connectivity index is 1.49. The van der Waals surface area contributed by atoms with Gasteiger partial charge in [-0.1, -0.05) is 12.1 Å². The Kier molecular flexibility index (Phi) is 5.16. The number of piperazine rings is 1. The van der Waals surface area contributed by atoms with Crippen LogP contribution in [0.3, 0.4) is 0 Å². The lowest BCUT2D eigenvalue weighted by atomic mass is 10.2. The Morgan fingerprint density at radius 3 is 2.66 bits per heavy atom. The third-order valence-corrected chi connectivity index (χ3v) is 5.14. The lowest BCUT2D eigenvalue weighted by Gasteiger charge is -2.35. The van der Waals surface area contributed by atoms with Crippen molar-refractivity contribution in [1.82, 2.24) is 19.4 Å². The molecule has 29 heavy (non-hydrogen) atoms. The molecule has 1 saturated heterocycles. The SMILES string of the molecule is CCn1c(=O)c(N2CCN(C(=O)Nc3cccc(C)c3)CC2)nc2cccnc21. The van der Waals surface area contributed by atoms with Crippen molar-refractivity contribution in [3.63, 3.8) is 0 Å². The van der Waals surface area contributed by atoms with Gasteiger partial charge in [-0.15, -0.1) is 0 Å². The number of benzene rings is 1. The number of nitrogens with zero attached hydrogens (tertiary/aromatic N) is 5. The zero-order valence-electron chi connectivity index (χ0n) is 16.6. The normalized spacial score (nSPS) is 14.3. The van der Waals surface area contributed by atoms with Crippen LogP contribution < -0.4 is 15.8 Å². The van der Waals surface area contributed by atoms with Crippen LogP contribution in [0.25, 0.3) is 11.2 Å². The lowest BCUT2D eigenvalue weighted by Crippen LogP contribution is -2.51. The fourth-order valence-corrected chi connectivity index (χ4v) is 3.61. The van der Waals surface area contributed by atoms with Gasteiger partial charge in [0, 0.05) is 44.6 Å². The van der Waals surface area contributed by atoms with Crippen molar-refractivity contribution in [3.05, 3.63) is 58.5 Å². The Labute approximate surface area is 168 Å². The second-order valence-electron chi connectivity index (χ2n) is 7.10. The average molecular weight is 392 g/mol. The highest BCUT2D eigenvalue weighted by molar-refractivity contribution is 5.89. The number of anilines is 2. The van der Waals surface area contributed by atoms with Gasteiger partial charge in [0.15, 0.2) is 11.5 Å². The van der Waals surface area contributed by atoms with Crippen molar-refractivity contribution in [3.8, 4) is 0 Å². The quantitative estimate of drug-likeness (QED) is 0.740. The van der Waals surface area contributed by atoms with Crippen LogP contribution in [-0.4, -0.2) is 51.6 Å². The summed E-state index contributed by atoms with van der Waals surface area (Å²) in [6, 6.07) is 11.3. The summed E-state index contributed by atoms with van der Waals surface area (Å²) in [5, 5.41) is 2.94. The highest BCUT2D eigenvalue weighted by atomic mass is 16.2. The van der Waals surface area contributed by atoms with Crippen LogP contribution in [0.2, 0.25) is 0 Å². The molecule has 3 aromatic rings. The van der Waals surface area contributed by atoms with Crippen LogP contribution in [0.15, 0.2) is 47.4 Å². The summed E-state index contributed by atoms with van der Waals surface area (Å²) >= 11 is 0. The first-order valence-electron chi connectivity index (χ1n) is 9.80. The second kappa shape index (κ2) is 7.90. The van der Waals surface area contributed by atoms with E-state index in [0.717, 1.165) is 11.3 Å². The third kappa shape index (κ3) is 3.78. The van der Waals surface area contributed by atoms with Gasteiger partial charge < -0.3 is 15.1 Å². The van der Waals surface area contributed by atoms with Gasteiger partial charge in [-0.05, 0) is 43.7 Å². The van der Waals surface area contributed by atoms with Crippen molar-refractivity contribution in [2.24, 2.45) is 0 Å². The van der Waals surface area contributed by atoms with Crippen molar-refractivity contribution >= 4 is 28.7 Å². The molecule has 2 amide bonds. The van der Waals surface area contributed by atoms with Crippen LogP contribution in [0.5, 0.6) is 0 Å². The average Bonchev–Trinajstić information content (AvgIpc) is 2.73. The molecule has 8 nitrogen and oxygen atoms in total. The summed E-state index contributed by atoms with van der Waals surface area (Å²) in [5.41, 5.74) is 3.03. The first-order valence-corrected chi connectivity index (χ1v) is 9.80. The Hall–Kier alpha value is -3.42. The maximum atomic E-state index is 12.9. The standard InChI is InChI=1S/C21H24N6O2/c1-3-27-18-17(8-5-9-22-18)24-19(20(27)28)25-10-12-26(13-11-25)21(29)23-16-7-4-6-15(2)14-16/h4-9,14H,3,10-13H2,1-2H3,(H,23,29). The molecular formula is C21H24N6O2. The van der Waals surface area contributed by atoms with Gasteiger partial charge in [0.2, 0.25) is 0 Å². The molecule has 3 heterocycles. The highest BCUT2D eigenvalue weighted by Gasteiger charge is 2.25. The first-order chi connectivity index (χ1) is 14.1. The van der Waals surface area contributed by atoms with E-state index in [4.69, 9.17) is 0 Å². The smallest absolute Gasteiger partial charge is 0.321 e. The maximum absolute atomic E-state index is 12.9. The summed E-state index contributed by atoms with van der Waals surface area (Å²) < 4.78 is 1.65. The molecule has 1 aliphatic rings. The van der Waals surface area contributed by atoms with Crippen LogP contribution in [-0.2, 0) is 6.54 Å². The van der Waals surface area contributed by atoms with E-state index in [1.807, 2.05) is 55.1 Å². The van der Waals surface area contributed by atoms with Crippen LogP contribution in [0.1, 0.15) is 12.5 Å². The largest absolute Gasteiger partial charge is 0.348 e. The van der Waals surface area contributed by atoms with Crippen LogP contribution in [0, 0.1) is 6.92 Å². The van der Waals surface area contributed by atoms with E-state index in [1.165, 1.54) is 0 Å². The number of amides is 2. The predicted molar refractivity (Wildman–Crippen MR) is 113 cm³/mol. The van der Waals surface area contributed by atoms with Crippen molar-refractivity contribution < 1.29 is 4.79 Å². The van der Waals surface area contributed by atoms with Crippen LogP contribution in [0.4, 0.5) is 16.3 Å². The molecule has 0 atom stereocenters. The summed E-state index contributed by atoms with van der Waals surface area (Å²) in [7, 11) is 0. The molecule has 4 rings (SSSR count). The minimum Gasteiger partial charge on any atom is -0.348 e. The van der Waals surface area contributed by atoms with E-state index in [2.05, 4.69) is 15.3 Å². The molecule has 1 N–H and O–H groups in total. The summed E-state index contributed by atoms with van der Waals surface area (Å²) in [6.07, 6.45) is 1.67. The third-order valence-electron chi connectivity index (χ3n) is 5.14. The number of carbonyl (C=O) groups excluding carboxylic acids is 1. The van der Waals surface area contributed by atoms with E-state index in [1.54, 1.807) is 15.7 Å². The maximum Gasteiger partial charge on any atom is 0.321 e. The van der Waals surface area contributed by atoms with E-state index in [0.29, 0.717) is 49.7 Å². The van der Waals surface area contributed by atoms with Gasteiger partial charge in [-0.2, -0.15) is 0 Å². The van der Waals surface area contributed by atoms with Crippen LogP contribution >= 0.6 is 0 Å². The number of fused-ring (bicyclic) bond motifs is 1. The number of aryl methyl sites for hydroxylation is 2. The molecule has 0 bridgehead atoms. The minimum absolute atomic E-state index is 0.128. The first kappa shape index (κ1) is 18.9. The van der Waals surface area contributed by atoms with E-state index in [9.17, 15) is 9.59 Å². The summed E-state index contributed by atoms with van der Waals surface area (Å²) in [6.45, 7) is 6.60. The monoisotopic (exact) mass is 392 g/mol. The van der Waals surface area contributed by atoms with E-state index in [-0.39, 0.29) is 11.6 Å². The predicted octanol–water partition coefficient (Wildman–Crippen LogP) is 2.47. The summed E-state index contributed by atoms with van der Waals surface area (Å²) in [5.74, 6) is 0.422. The Morgan fingerprint density at radius 2 is 1.93 bits per heavy atom. The number of urea groups is 1. The van der Waals surface area contributed by atoms with Gasteiger partial charge in [-0.25, -0.2) is 14.8 Å². The molecule has 0 spiro atoms. The number of aromatic nitrogens is 3. The minimum atomic E-state index is -0.142. The zero-order valence-corrected chi connectivity index (χ0v) is 16.6. The lowest BCUT2D eigenvalue weighted by molar-refractivity contribution is 0.208. The molecule has 0 unspecified atom stereocenters. The fourth-order valence-electron chi connectivity index (χ4n) is 3.61. The number of carbonyl (C=O) groups is 1. The van der Waals surface area contributed by atoms with E-state index >= 15 is 0 Å². The molecule has 150 valence electrons. The molecule has 1 aliphatic heterocycles. The number of rotatable bonds is 3. The Bertz CT molecular complexity index is 1100. The zero-order chi connectivity index (χ0) is 20.4. The van der Waals surface area contributed by atoms with Gasteiger partial charge in [0.05, 0.1) is 0 Å². The van der Waals surface area contributed by atoms with Crippen molar-refractivity contribution in [2.75, 3.05) is 36.4 Å². The molecule has 1 aromatic carbocycles. The molecule has 8 heteroatoms. The van der Waals surface area contributed by atoms with Gasteiger partial charge in [-0.3, -0.25) is 9.36 Å². The molecule has 1 fully saturated rings. The van der Waals surface area contributed by atoms with E-state index < -0.39 is 0 Å². The number of nitrogens with one attached hydrogen (secondary N) is 1. The molecule has 0 aliphatic carbocycles. The number of hydrogen-bond acceptors (Lipinski definition) is 5. The van der Waals surface area contributed by atoms with Crippen molar-refractivity contribution in [1.29, 1.82) is 0 Å². The highest BCUT2D eigenvalue weighted by Crippen LogP contribution is 2.16. The second-order valence-corrected chi connectivity index (χ2v) is 7.10. The molecule has 0 radical (unpaired) electrons. The van der Waals surface area contributed by atoms with Gasteiger partial charge in [0.1, 0.15) is 5.52 Å². The number of pyridine rings is 1. The molecule has 0 saturated carbocycles. The number of hydrogen-bond donors (Lipinski definition) is 1. The fraction of sp³-hybridized carbons (Fsp3) is 0.333. The topological polar surface area (TPSA) is 83.4 Å².